The van der Waals surface area contributed by atoms with Gasteiger partial charge in [-0.2, -0.15) is 0 Å². The van der Waals surface area contributed by atoms with Gasteiger partial charge in [-0.3, -0.25) is 0 Å². The number of nitrogens with zero attached hydrogens (tertiary/aromatic N) is 1. The Labute approximate surface area is 377 Å². The van der Waals surface area contributed by atoms with Gasteiger partial charge in [-0.1, -0.05) is 146 Å². The maximum atomic E-state index is 2.65. The first-order valence-electron chi connectivity index (χ1n) is 24.7. The number of anilines is 3. The molecule has 4 saturated carbocycles. The second kappa shape index (κ2) is 12.5. The summed E-state index contributed by atoms with van der Waals surface area (Å²) in [6, 6.07) is 50.5. The highest BCUT2D eigenvalue weighted by Crippen LogP contribution is 2.89. The van der Waals surface area contributed by atoms with Crippen molar-refractivity contribution in [2.24, 2.45) is 29.1 Å². The lowest BCUT2D eigenvalue weighted by Crippen LogP contribution is -2.73. The molecular weight excluding hydrogens is 759 g/mol. The summed E-state index contributed by atoms with van der Waals surface area (Å²) in [5, 5.41) is 0. The highest BCUT2D eigenvalue weighted by Gasteiger charge is 2.84. The Hall–Kier alpha value is -4.88. The summed E-state index contributed by atoms with van der Waals surface area (Å²) >= 11 is 0. The molecule has 0 N–H and O–H groups in total. The lowest BCUT2D eigenvalue weighted by atomic mass is 9.27. The smallest absolute Gasteiger partial charge is 0.0502 e. The second-order valence-corrected chi connectivity index (χ2v) is 24.3. The van der Waals surface area contributed by atoms with Crippen LogP contribution in [-0.4, -0.2) is 0 Å². The van der Waals surface area contributed by atoms with E-state index in [-0.39, 0.29) is 27.1 Å². The molecule has 1 nitrogen and oxygen atoms in total. The Morgan fingerprint density at radius 3 is 1.67 bits per heavy atom. The second-order valence-electron chi connectivity index (χ2n) is 24.3. The fraction of sp³-hybridized carbons (Fsp3) is 0.419. The molecule has 0 aromatic heterocycles. The number of fused-ring (bicyclic) bond motifs is 10. The van der Waals surface area contributed by atoms with Crippen LogP contribution in [0.3, 0.4) is 0 Å². The third-order valence-electron chi connectivity index (χ3n) is 19.4. The molecule has 13 rings (SSSR count). The first-order valence-corrected chi connectivity index (χ1v) is 24.7. The van der Waals surface area contributed by atoms with E-state index in [1.54, 1.807) is 11.1 Å². The van der Waals surface area contributed by atoms with E-state index in [2.05, 4.69) is 188 Å². The third-order valence-corrected chi connectivity index (χ3v) is 19.4. The molecule has 7 aliphatic rings. The van der Waals surface area contributed by atoms with Crippen LogP contribution in [0.5, 0.6) is 0 Å². The summed E-state index contributed by atoms with van der Waals surface area (Å²) < 4.78 is 0. The molecule has 7 aliphatic carbocycles. The van der Waals surface area contributed by atoms with Crippen LogP contribution in [-0.2, 0) is 27.1 Å². The van der Waals surface area contributed by atoms with Gasteiger partial charge < -0.3 is 4.90 Å². The topological polar surface area (TPSA) is 3.24 Å². The highest BCUT2D eigenvalue weighted by molar-refractivity contribution is 5.87. The quantitative estimate of drug-likeness (QED) is 0.167. The van der Waals surface area contributed by atoms with Gasteiger partial charge in [0.15, 0.2) is 0 Å². The molecule has 318 valence electrons. The summed E-state index contributed by atoms with van der Waals surface area (Å²) in [5.41, 5.74) is 22.8. The van der Waals surface area contributed by atoms with E-state index in [1.165, 1.54) is 124 Å². The predicted octanol–water partition coefficient (Wildman–Crippen LogP) is 16.5. The Bertz CT molecular complexity index is 2890. The predicted molar refractivity (Wildman–Crippen MR) is 264 cm³/mol. The molecule has 6 aromatic rings. The maximum Gasteiger partial charge on any atom is 0.0502 e. The summed E-state index contributed by atoms with van der Waals surface area (Å²) in [4.78, 5) is 2.58. The van der Waals surface area contributed by atoms with Gasteiger partial charge in [0.25, 0.3) is 0 Å². The first kappa shape index (κ1) is 38.6. The zero-order chi connectivity index (χ0) is 43.1. The summed E-state index contributed by atoms with van der Waals surface area (Å²) in [6.07, 6.45) is 10.7. The molecule has 2 spiro atoms. The molecule has 6 aromatic carbocycles. The van der Waals surface area contributed by atoms with Crippen LogP contribution in [0.25, 0.3) is 33.4 Å². The number of benzene rings is 6. The molecule has 6 atom stereocenters. The summed E-state index contributed by atoms with van der Waals surface area (Å²) in [7, 11) is 0. The van der Waals surface area contributed by atoms with Crippen LogP contribution in [0, 0.1) is 29.1 Å². The van der Waals surface area contributed by atoms with Crippen molar-refractivity contribution in [3.63, 3.8) is 0 Å². The van der Waals surface area contributed by atoms with Gasteiger partial charge in [-0.15, -0.1) is 0 Å². The Balaban J connectivity index is 0.919. The van der Waals surface area contributed by atoms with E-state index in [4.69, 9.17) is 0 Å². The van der Waals surface area contributed by atoms with Crippen LogP contribution < -0.4 is 4.90 Å². The van der Waals surface area contributed by atoms with Crippen molar-refractivity contribution in [3.8, 4) is 33.4 Å². The Morgan fingerprint density at radius 2 is 0.968 bits per heavy atom. The standard InChI is InChI=1S/C62H65N/c1-57(2)29-31-59(5,6)55-45(14-11-16-49(55)57)40-21-26-44(27-22-40)63(52-18-12-17-50-56(52)60(7,8)32-30-58(50,3)4)43-24-19-39(20-25-43)41-23-28-47-46-13-9-10-15-48(46)62(51(47)35-41)53-34-38-33-42-36-54(62)61(42,53)37-38/h9-28,35,38,42,53-54H,29-34,36-37H2,1-8H3. The fourth-order valence-corrected chi connectivity index (χ4v) is 16.4. The van der Waals surface area contributed by atoms with Crippen molar-refractivity contribution in [1.82, 2.24) is 0 Å². The Kier molecular flexibility index (Phi) is 7.63. The van der Waals surface area contributed by atoms with E-state index in [0.29, 0.717) is 5.41 Å². The largest absolute Gasteiger partial charge is 0.310 e. The molecule has 0 saturated heterocycles. The highest BCUT2D eigenvalue weighted by atomic mass is 15.1. The number of hydrogen-bond donors (Lipinski definition) is 0. The monoisotopic (exact) mass is 824 g/mol. The van der Waals surface area contributed by atoms with Crippen LogP contribution in [0.2, 0.25) is 0 Å². The minimum Gasteiger partial charge on any atom is -0.310 e. The number of hydrogen-bond acceptors (Lipinski definition) is 1. The van der Waals surface area contributed by atoms with Gasteiger partial charge in [0, 0.05) is 16.8 Å². The lowest BCUT2D eigenvalue weighted by Gasteiger charge is -2.76. The molecule has 2 bridgehead atoms. The molecule has 0 heterocycles. The Morgan fingerprint density at radius 1 is 0.429 bits per heavy atom. The van der Waals surface area contributed by atoms with Crippen molar-refractivity contribution < 1.29 is 0 Å². The molecule has 6 unspecified atom stereocenters. The summed E-state index contributed by atoms with van der Waals surface area (Å²) in [5.74, 6) is 3.61. The van der Waals surface area contributed by atoms with Crippen LogP contribution in [0.1, 0.15) is 140 Å². The van der Waals surface area contributed by atoms with E-state index in [9.17, 15) is 0 Å². The lowest BCUT2D eigenvalue weighted by molar-refractivity contribution is -0.231. The van der Waals surface area contributed by atoms with Crippen molar-refractivity contribution in [2.45, 2.75) is 134 Å². The zero-order valence-corrected chi connectivity index (χ0v) is 39.0. The first-order chi connectivity index (χ1) is 30.1. The average Bonchev–Trinajstić information content (AvgIpc) is 3.91. The molecule has 4 fully saturated rings. The molecule has 0 aliphatic heterocycles. The van der Waals surface area contributed by atoms with Gasteiger partial charge in [0.1, 0.15) is 0 Å². The molecular formula is C62H65N. The van der Waals surface area contributed by atoms with Crippen LogP contribution in [0.4, 0.5) is 17.1 Å². The van der Waals surface area contributed by atoms with Gasteiger partial charge >= 0.3 is 0 Å². The maximum absolute atomic E-state index is 2.65. The molecule has 0 amide bonds. The van der Waals surface area contributed by atoms with Crippen LogP contribution >= 0.6 is 0 Å². The van der Waals surface area contributed by atoms with Crippen molar-refractivity contribution in [3.05, 3.63) is 161 Å². The molecule has 0 radical (unpaired) electrons. The van der Waals surface area contributed by atoms with Gasteiger partial charge in [0.2, 0.25) is 0 Å². The molecule has 63 heavy (non-hydrogen) atoms. The minimum absolute atomic E-state index is 0.0540. The van der Waals surface area contributed by atoms with Crippen molar-refractivity contribution in [2.75, 3.05) is 4.90 Å². The third kappa shape index (κ3) is 4.90. The van der Waals surface area contributed by atoms with Gasteiger partial charge in [-0.05, 0) is 205 Å². The zero-order valence-electron chi connectivity index (χ0n) is 39.0. The van der Waals surface area contributed by atoms with E-state index >= 15 is 0 Å². The fourth-order valence-electron chi connectivity index (χ4n) is 16.4. The SMILES string of the molecule is CC1(C)CCC(C)(C)c2c(-c3ccc(N(c4ccc(-c5ccc6c(c5)C5(c7ccccc7-6)C6CC7CC8CC5C86C7)cc4)c4cccc5c4C(C)(C)CCC5(C)C)cc3)cccc21. The molecule has 1 heteroatoms. The van der Waals surface area contributed by atoms with Crippen molar-refractivity contribution in [1.29, 1.82) is 0 Å². The minimum atomic E-state index is 0.0540. The van der Waals surface area contributed by atoms with Crippen LogP contribution in [0.15, 0.2) is 127 Å². The van der Waals surface area contributed by atoms with E-state index < -0.39 is 0 Å². The summed E-state index contributed by atoms with van der Waals surface area (Å²) in [6.45, 7) is 19.6. The number of rotatable bonds is 5. The van der Waals surface area contributed by atoms with Gasteiger partial charge in [0.05, 0.1) is 5.69 Å². The van der Waals surface area contributed by atoms with E-state index in [0.717, 1.165) is 23.7 Å². The average molecular weight is 824 g/mol. The normalized spacial score (nSPS) is 29.7. The van der Waals surface area contributed by atoms with E-state index in [1.807, 2.05) is 0 Å². The van der Waals surface area contributed by atoms with Crippen molar-refractivity contribution >= 4 is 17.1 Å². The van der Waals surface area contributed by atoms with Gasteiger partial charge in [-0.25, -0.2) is 0 Å².